The molecule has 1 aliphatic rings. The number of pyridine rings is 1. The van der Waals surface area contributed by atoms with E-state index in [9.17, 15) is 9.90 Å². The van der Waals surface area contributed by atoms with Gasteiger partial charge < -0.3 is 15.2 Å². The summed E-state index contributed by atoms with van der Waals surface area (Å²) in [7, 11) is 1.59. The number of nitrogens with zero attached hydrogens (tertiary/aromatic N) is 3. The third-order valence-corrected chi connectivity index (χ3v) is 5.11. The second-order valence-corrected chi connectivity index (χ2v) is 7.00. The van der Waals surface area contributed by atoms with Gasteiger partial charge in [0, 0.05) is 24.2 Å². The lowest BCUT2D eigenvalue weighted by atomic mass is 9.75. The highest BCUT2D eigenvalue weighted by Gasteiger charge is 2.36. The average Bonchev–Trinajstić information content (AvgIpc) is 3.25. The summed E-state index contributed by atoms with van der Waals surface area (Å²) in [6.07, 6.45) is 7.87. The van der Waals surface area contributed by atoms with Crippen LogP contribution in [0.15, 0.2) is 61.2 Å². The van der Waals surface area contributed by atoms with Crippen LogP contribution < -0.4 is 10.1 Å². The molecular weight excluding hydrogens is 356 g/mol. The van der Waals surface area contributed by atoms with Gasteiger partial charge in [-0.15, -0.1) is 0 Å². The van der Waals surface area contributed by atoms with Gasteiger partial charge in [0.05, 0.1) is 31.1 Å². The van der Waals surface area contributed by atoms with Crippen LogP contribution in [0.1, 0.15) is 34.8 Å². The molecule has 4 rings (SSSR count). The molecule has 0 aliphatic heterocycles. The Bertz CT molecular complexity index is 952. The van der Waals surface area contributed by atoms with Crippen molar-refractivity contribution >= 4 is 5.91 Å². The summed E-state index contributed by atoms with van der Waals surface area (Å²) in [6.45, 7) is 0. The molecular formula is C21H22N4O3. The van der Waals surface area contributed by atoms with Crippen molar-refractivity contribution in [2.45, 2.75) is 25.0 Å². The Morgan fingerprint density at radius 2 is 2.14 bits per heavy atom. The van der Waals surface area contributed by atoms with Crippen molar-refractivity contribution in [1.82, 2.24) is 20.1 Å². The van der Waals surface area contributed by atoms with E-state index in [1.165, 1.54) is 0 Å². The SMILES string of the molecule is COc1cncc([C@H](NC(=O)c2cccc(-n3cccn3)c2)C2CC(O)C2)c1. The van der Waals surface area contributed by atoms with Crippen LogP contribution in [0.3, 0.4) is 0 Å². The number of nitrogens with one attached hydrogen (secondary N) is 1. The highest BCUT2D eigenvalue weighted by Crippen LogP contribution is 2.38. The van der Waals surface area contributed by atoms with Crippen LogP contribution in [0.2, 0.25) is 0 Å². The Morgan fingerprint density at radius 1 is 1.29 bits per heavy atom. The van der Waals surface area contributed by atoms with Crippen LogP contribution in [0.4, 0.5) is 0 Å². The van der Waals surface area contributed by atoms with E-state index in [4.69, 9.17) is 4.74 Å². The monoisotopic (exact) mass is 378 g/mol. The third-order valence-electron chi connectivity index (χ3n) is 5.11. The molecule has 1 amide bonds. The van der Waals surface area contributed by atoms with E-state index in [1.54, 1.807) is 42.5 Å². The number of hydrogen-bond donors (Lipinski definition) is 2. The van der Waals surface area contributed by atoms with Crippen LogP contribution in [-0.2, 0) is 0 Å². The number of carbonyl (C=O) groups excluding carboxylic acids is 1. The minimum absolute atomic E-state index is 0.155. The molecule has 28 heavy (non-hydrogen) atoms. The van der Waals surface area contributed by atoms with Crippen molar-refractivity contribution in [1.29, 1.82) is 0 Å². The van der Waals surface area contributed by atoms with Gasteiger partial charge in [0.1, 0.15) is 5.75 Å². The molecule has 1 atom stereocenters. The van der Waals surface area contributed by atoms with Gasteiger partial charge in [-0.25, -0.2) is 4.68 Å². The molecule has 0 spiro atoms. The number of aliphatic hydroxyl groups is 1. The molecule has 1 aromatic carbocycles. The molecule has 7 nitrogen and oxygen atoms in total. The third kappa shape index (κ3) is 3.75. The zero-order valence-electron chi connectivity index (χ0n) is 15.5. The Kier molecular flexibility index (Phi) is 5.08. The second-order valence-electron chi connectivity index (χ2n) is 7.00. The standard InChI is InChI=1S/C21H22N4O3/c1-28-19-11-16(12-22-13-19)20(15-9-18(26)10-15)24-21(27)14-4-2-5-17(8-14)25-7-3-6-23-25/h2-8,11-13,15,18,20,26H,9-10H2,1H3,(H,24,27)/t15?,18?,20-/m1/s1. The zero-order chi connectivity index (χ0) is 19.5. The Balaban J connectivity index is 1.58. The maximum atomic E-state index is 13.0. The summed E-state index contributed by atoms with van der Waals surface area (Å²) in [5.41, 5.74) is 2.23. The topological polar surface area (TPSA) is 89.3 Å². The fourth-order valence-corrected chi connectivity index (χ4v) is 3.53. The van der Waals surface area contributed by atoms with Gasteiger partial charge in [-0.2, -0.15) is 5.10 Å². The van der Waals surface area contributed by atoms with Crippen LogP contribution in [0.5, 0.6) is 5.75 Å². The summed E-state index contributed by atoms with van der Waals surface area (Å²) < 4.78 is 6.98. The van der Waals surface area contributed by atoms with E-state index in [1.807, 2.05) is 30.5 Å². The Labute approximate surface area is 163 Å². The molecule has 1 fully saturated rings. The fraction of sp³-hybridized carbons (Fsp3) is 0.286. The van der Waals surface area contributed by atoms with E-state index in [0.717, 1.165) is 11.3 Å². The first kappa shape index (κ1) is 18.2. The zero-order valence-corrected chi connectivity index (χ0v) is 15.5. The molecule has 2 N–H and O–H groups in total. The summed E-state index contributed by atoms with van der Waals surface area (Å²) >= 11 is 0. The molecule has 3 aromatic rings. The van der Waals surface area contributed by atoms with Crippen LogP contribution in [0, 0.1) is 5.92 Å². The lowest BCUT2D eigenvalue weighted by Crippen LogP contribution is -2.41. The van der Waals surface area contributed by atoms with Gasteiger partial charge in [0.15, 0.2) is 0 Å². The number of methoxy groups -OCH3 is 1. The highest BCUT2D eigenvalue weighted by atomic mass is 16.5. The van der Waals surface area contributed by atoms with Crippen molar-refractivity contribution in [3.63, 3.8) is 0 Å². The average molecular weight is 378 g/mol. The fourth-order valence-electron chi connectivity index (χ4n) is 3.53. The summed E-state index contributed by atoms with van der Waals surface area (Å²) in [5, 5.41) is 17.1. The van der Waals surface area contributed by atoms with Crippen molar-refractivity contribution in [2.75, 3.05) is 7.11 Å². The number of ether oxygens (including phenoxy) is 1. The Hall–Kier alpha value is -3.19. The van der Waals surface area contributed by atoms with Crippen LogP contribution in [0.25, 0.3) is 5.69 Å². The number of aromatic nitrogens is 3. The van der Waals surface area contributed by atoms with Crippen LogP contribution >= 0.6 is 0 Å². The lowest BCUT2D eigenvalue weighted by molar-refractivity contribution is 0.0234. The molecule has 0 saturated heterocycles. The quantitative estimate of drug-likeness (QED) is 0.688. The number of amides is 1. The first-order valence-electron chi connectivity index (χ1n) is 9.22. The normalized spacial score (nSPS) is 19.5. The second kappa shape index (κ2) is 7.82. The number of rotatable bonds is 6. The van der Waals surface area contributed by atoms with E-state index in [0.29, 0.717) is 24.2 Å². The number of hydrogen-bond acceptors (Lipinski definition) is 5. The molecule has 1 aliphatic carbocycles. The largest absolute Gasteiger partial charge is 0.495 e. The number of benzene rings is 1. The minimum atomic E-state index is -0.314. The maximum Gasteiger partial charge on any atom is 0.251 e. The van der Waals surface area contributed by atoms with Gasteiger partial charge in [0.2, 0.25) is 0 Å². The van der Waals surface area contributed by atoms with Gasteiger partial charge in [-0.1, -0.05) is 6.07 Å². The minimum Gasteiger partial charge on any atom is -0.495 e. The molecule has 7 heteroatoms. The Morgan fingerprint density at radius 3 is 2.86 bits per heavy atom. The first-order chi connectivity index (χ1) is 13.6. The molecule has 144 valence electrons. The van der Waals surface area contributed by atoms with Gasteiger partial charge >= 0.3 is 0 Å². The molecule has 0 radical (unpaired) electrons. The van der Waals surface area contributed by atoms with E-state index >= 15 is 0 Å². The summed E-state index contributed by atoms with van der Waals surface area (Å²) in [5.74, 6) is 0.614. The molecule has 0 bridgehead atoms. The lowest BCUT2D eigenvalue weighted by Gasteiger charge is -2.38. The van der Waals surface area contributed by atoms with Gasteiger partial charge in [-0.05, 0) is 54.7 Å². The molecule has 2 heterocycles. The summed E-state index contributed by atoms with van der Waals surface area (Å²) in [4.78, 5) is 17.2. The smallest absolute Gasteiger partial charge is 0.251 e. The number of aliphatic hydroxyl groups excluding tert-OH is 1. The molecule has 0 unspecified atom stereocenters. The first-order valence-corrected chi connectivity index (χ1v) is 9.22. The van der Waals surface area contributed by atoms with Crippen molar-refractivity contribution in [3.05, 3.63) is 72.3 Å². The predicted molar refractivity (Wildman–Crippen MR) is 103 cm³/mol. The van der Waals surface area contributed by atoms with Crippen molar-refractivity contribution in [3.8, 4) is 11.4 Å². The number of carbonyl (C=O) groups is 1. The van der Waals surface area contributed by atoms with Crippen molar-refractivity contribution < 1.29 is 14.6 Å². The van der Waals surface area contributed by atoms with Crippen molar-refractivity contribution in [2.24, 2.45) is 5.92 Å². The predicted octanol–water partition coefficient (Wildman–Crippen LogP) is 2.52. The van der Waals surface area contributed by atoms with Gasteiger partial charge in [-0.3, -0.25) is 9.78 Å². The molecule has 2 aromatic heterocycles. The van der Waals surface area contributed by atoms with E-state index < -0.39 is 0 Å². The van der Waals surface area contributed by atoms with E-state index in [2.05, 4.69) is 15.4 Å². The molecule has 1 saturated carbocycles. The highest BCUT2D eigenvalue weighted by molar-refractivity contribution is 5.95. The maximum absolute atomic E-state index is 13.0. The van der Waals surface area contributed by atoms with Gasteiger partial charge in [0.25, 0.3) is 5.91 Å². The van der Waals surface area contributed by atoms with Crippen LogP contribution in [-0.4, -0.2) is 39.0 Å². The van der Waals surface area contributed by atoms with E-state index in [-0.39, 0.29) is 24.0 Å². The summed E-state index contributed by atoms with van der Waals surface area (Å²) in [6, 6.07) is 10.8.